The van der Waals surface area contributed by atoms with Crippen molar-refractivity contribution in [1.29, 1.82) is 0 Å². The Morgan fingerprint density at radius 2 is 1.81 bits per heavy atom. The van der Waals surface area contributed by atoms with Gasteiger partial charge in [0, 0.05) is 61.7 Å². The fraction of sp³-hybridized carbons (Fsp3) is 0.357. The number of aromatic hydroxyl groups is 1. The Labute approximate surface area is 219 Å². The first-order chi connectivity index (χ1) is 17.8. The summed E-state index contributed by atoms with van der Waals surface area (Å²) in [4.78, 5) is 16.2. The number of halogens is 2. The molecule has 3 aliphatic rings. The van der Waals surface area contributed by atoms with Crippen LogP contribution in [-0.2, 0) is 0 Å². The Balaban J connectivity index is 1.41. The van der Waals surface area contributed by atoms with Crippen molar-refractivity contribution in [2.24, 2.45) is 5.41 Å². The van der Waals surface area contributed by atoms with Crippen molar-refractivity contribution in [3.8, 4) is 16.9 Å². The molecule has 0 bridgehead atoms. The highest BCUT2D eigenvalue weighted by atomic mass is 35.5. The molecule has 2 N–H and O–H groups in total. The van der Waals surface area contributed by atoms with E-state index in [1.54, 1.807) is 18.2 Å². The smallest absolute Gasteiger partial charge is 0.228 e. The monoisotopic (exact) mass is 518 g/mol. The molecule has 7 nitrogen and oxygen atoms in total. The van der Waals surface area contributed by atoms with Gasteiger partial charge in [-0.15, -0.1) is 0 Å². The Bertz CT molecular complexity index is 1560. The third-order valence-corrected chi connectivity index (χ3v) is 8.49. The van der Waals surface area contributed by atoms with Crippen molar-refractivity contribution in [2.45, 2.75) is 6.04 Å². The zero-order chi connectivity index (χ0) is 25.5. The zero-order valence-electron chi connectivity index (χ0n) is 20.8. The first kappa shape index (κ1) is 23.0. The van der Waals surface area contributed by atoms with Gasteiger partial charge in [0.2, 0.25) is 5.95 Å². The Morgan fingerprint density at radius 1 is 1.05 bits per heavy atom. The molecule has 37 heavy (non-hydrogen) atoms. The fourth-order valence-corrected chi connectivity index (χ4v) is 6.15. The van der Waals surface area contributed by atoms with E-state index in [0.29, 0.717) is 22.9 Å². The number of rotatable bonds is 4. The molecule has 3 fully saturated rings. The van der Waals surface area contributed by atoms with Crippen molar-refractivity contribution in [3.63, 3.8) is 0 Å². The average Bonchev–Trinajstić information content (AvgIpc) is 2.76. The van der Waals surface area contributed by atoms with Crippen molar-refractivity contribution in [1.82, 2.24) is 20.2 Å². The molecule has 9 heteroatoms. The highest BCUT2D eigenvalue weighted by Gasteiger charge is 2.48. The molecular formula is C28H28ClFN6O. The lowest BCUT2D eigenvalue weighted by Gasteiger charge is -2.56. The molecule has 0 radical (unpaired) electrons. The van der Waals surface area contributed by atoms with Crippen LogP contribution in [0.1, 0.15) is 0 Å². The highest BCUT2D eigenvalue weighted by Crippen LogP contribution is 2.45. The van der Waals surface area contributed by atoms with E-state index in [2.05, 4.69) is 34.1 Å². The molecule has 4 heterocycles. The number of phenols is 1. The van der Waals surface area contributed by atoms with Crippen LogP contribution < -0.4 is 15.1 Å². The van der Waals surface area contributed by atoms with Crippen LogP contribution in [0.5, 0.6) is 5.75 Å². The van der Waals surface area contributed by atoms with Crippen LogP contribution >= 0.6 is 11.6 Å². The van der Waals surface area contributed by atoms with Gasteiger partial charge in [0.1, 0.15) is 17.1 Å². The summed E-state index contributed by atoms with van der Waals surface area (Å²) in [6.45, 7) is 5.35. The predicted molar refractivity (Wildman–Crippen MR) is 146 cm³/mol. The lowest BCUT2D eigenvalue weighted by atomic mass is 9.74. The Kier molecular flexibility index (Phi) is 5.06. The van der Waals surface area contributed by atoms with Gasteiger partial charge in [-0.1, -0.05) is 35.9 Å². The molecule has 0 aliphatic carbocycles. The highest BCUT2D eigenvalue weighted by molar-refractivity contribution is 6.35. The molecule has 0 atom stereocenters. The third kappa shape index (κ3) is 3.54. The first-order valence-electron chi connectivity index (χ1n) is 12.6. The number of benzene rings is 3. The lowest BCUT2D eigenvalue weighted by Crippen LogP contribution is -2.71. The zero-order valence-corrected chi connectivity index (χ0v) is 21.6. The van der Waals surface area contributed by atoms with Gasteiger partial charge in [-0.3, -0.25) is 0 Å². The number of anilines is 2. The lowest BCUT2D eigenvalue weighted by molar-refractivity contribution is 0.121. The molecule has 0 amide bonds. The van der Waals surface area contributed by atoms with Crippen molar-refractivity contribution >= 4 is 45.0 Å². The summed E-state index contributed by atoms with van der Waals surface area (Å²) < 4.78 is 16.5. The maximum Gasteiger partial charge on any atom is 0.228 e. The summed E-state index contributed by atoms with van der Waals surface area (Å²) in [5.41, 5.74) is 1.33. The summed E-state index contributed by atoms with van der Waals surface area (Å²) >= 11 is 6.80. The molecule has 4 aromatic rings. The Hall–Kier alpha value is -3.20. The van der Waals surface area contributed by atoms with Crippen LogP contribution in [0, 0.1) is 11.2 Å². The molecule has 7 rings (SSSR count). The molecule has 3 aliphatic heterocycles. The number of hydrogen-bond donors (Lipinski definition) is 2. The fourth-order valence-electron chi connectivity index (χ4n) is 5.86. The number of nitrogens with zero attached hydrogens (tertiary/aromatic N) is 5. The van der Waals surface area contributed by atoms with E-state index >= 15 is 4.39 Å². The minimum atomic E-state index is -0.492. The Morgan fingerprint density at radius 3 is 2.51 bits per heavy atom. The third-order valence-electron chi connectivity index (χ3n) is 8.19. The number of hydrogen-bond acceptors (Lipinski definition) is 7. The minimum Gasteiger partial charge on any atom is -0.508 e. The molecule has 3 aromatic carbocycles. The molecule has 190 valence electrons. The standard InChI is InChI=1S/C28H28ClFN6O/c1-34(2)17-10-35(11-17)27-32-25-21(26(33-27)36-14-28(15-36)12-31-13-28)9-22(29)23(24(25)30)20-8-18(37)7-16-5-3-4-6-19(16)20/h3-9,17,31,37H,10-15H2,1-2H3. The van der Waals surface area contributed by atoms with E-state index in [4.69, 9.17) is 21.6 Å². The summed E-state index contributed by atoms with van der Waals surface area (Å²) in [7, 11) is 4.13. The number of aromatic nitrogens is 2. The molecule has 1 aromatic heterocycles. The molecular weight excluding hydrogens is 491 g/mol. The minimum absolute atomic E-state index is 0.0589. The SMILES string of the molecule is CN(C)C1CN(c2nc(N3CC4(CNC4)C3)c3cc(Cl)c(-c4cc(O)cc5ccccc45)c(F)c3n2)C1. The van der Waals surface area contributed by atoms with Crippen LogP contribution in [-0.4, -0.2) is 79.4 Å². The second-order valence-corrected chi connectivity index (χ2v) is 11.4. The average molecular weight is 519 g/mol. The maximum atomic E-state index is 16.5. The quantitative estimate of drug-likeness (QED) is 0.421. The van der Waals surface area contributed by atoms with Crippen molar-refractivity contribution in [3.05, 3.63) is 53.3 Å². The van der Waals surface area contributed by atoms with Gasteiger partial charge in [-0.25, -0.2) is 9.37 Å². The van der Waals surface area contributed by atoms with E-state index in [0.717, 1.165) is 55.9 Å². The van der Waals surface area contributed by atoms with Gasteiger partial charge in [0.05, 0.1) is 5.02 Å². The van der Waals surface area contributed by atoms with Crippen LogP contribution in [0.3, 0.4) is 0 Å². The number of nitrogens with one attached hydrogen (secondary N) is 1. The topological polar surface area (TPSA) is 67.8 Å². The van der Waals surface area contributed by atoms with E-state index in [-0.39, 0.29) is 27.3 Å². The van der Waals surface area contributed by atoms with Crippen molar-refractivity contribution < 1.29 is 9.50 Å². The summed E-state index contributed by atoms with van der Waals surface area (Å²) in [5.74, 6) is 0.845. The second kappa shape index (κ2) is 8.15. The predicted octanol–water partition coefficient (Wildman–Crippen LogP) is 4.11. The van der Waals surface area contributed by atoms with Gasteiger partial charge >= 0.3 is 0 Å². The van der Waals surface area contributed by atoms with E-state index in [1.165, 1.54) is 0 Å². The molecule has 1 spiro atoms. The molecule has 0 saturated carbocycles. The maximum absolute atomic E-state index is 16.5. The van der Waals surface area contributed by atoms with Crippen LogP contribution in [0.15, 0.2) is 42.5 Å². The molecule has 0 unspecified atom stereocenters. The van der Waals surface area contributed by atoms with Gasteiger partial charge in [-0.05, 0) is 48.6 Å². The normalized spacial score (nSPS) is 18.9. The van der Waals surface area contributed by atoms with Gasteiger partial charge < -0.3 is 25.1 Å². The van der Waals surface area contributed by atoms with E-state index < -0.39 is 5.82 Å². The van der Waals surface area contributed by atoms with E-state index in [9.17, 15) is 5.11 Å². The summed E-state index contributed by atoms with van der Waals surface area (Å²) in [6, 6.07) is 13.0. The van der Waals surface area contributed by atoms with Gasteiger partial charge in [0.15, 0.2) is 5.82 Å². The molecule has 3 saturated heterocycles. The van der Waals surface area contributed by atoms with E-state index in [1.807, 2.05) is 24.3 Å². The number of fused-ring (bicyclic) bond motifs is 2. The van der Waals surface area contributed by atoms with Crippen LogP contribution in [0.25, 0.3) is 32.8 Å². The summed E-state index contributed by atoms with van der Waals surface area (Å²) in [6.07, 6.45) is 0. The number of phenolic OH excluding ortho intramolecular Hbond substituents is 1. The second-order valence-electron chi connectivity index (χ2n) is 11.0. The number of likely N-dealkylation sites (N-methyl/N-ethyl adjacent to an activating group) is 1. The van der Waals surface area contributed by atoms with Crippen LogP contribution in [0.4, 0.5) is 16.2 Å². The van der Waals surface area contributed by atoms with Crippen molar-refractivity contribution in [2.75, 3.05) is 63.2 Å². The summed E-state index contributed by atoms with van der Waals surface area (Å²) in [5, 5.41) is 16.3. The van der Waals surface area contributed by atoms with Gasteiger partial charge in [0.25, 0.3) is 0 Å². The first-order valence-corrected chi connectivity index (χ1v) is 13.0. The van der Waals surface area contributed by atoms with Crippen LogP contribution in [0.2, 0.25) is 5.02 Å². The van der Waals surface area contributed by atoms with Gasteiger partial charge in [-0.2, -0.15) is 4.98 Å². The largest absolute Gasteiger partial charge is 0.508 e.